The van der Waals surface area contributed by atoms with Gasteiger partial charge in [0.15, 0.2) is 0 Å². The molecule has 3 nitrogen and oxygen atoms in total. The maximum Gasteiger partial charge on any atom is 1.00 e. The van der Waals surface area contributed by atoms with Gasteiger partial charge in [-0.15, -0.1) is 5.30 Å². The van der Waals surface area contributed by atoms with E-state index in [1.165, 1.54) is 0 Å². The van der Waals surface area contributed by atoms with Crippen LogP contribution in [0.1, 0.15) is 40.0 Å². The molecule has 0 saturated heterocycles. The minimum absolute atomic E-state index is 0. The zero-order valence-corrected chi connectivity index (χ0v) is 14.1. The van der Waals surface area contributed by atoms with Crippen LogP contribution in [0.2, 0.25) is 0 Å². The van der Waals surface area contributed by atoms with E-state index >= 15 is 0 Å². The topological polar surface area (TPSA) is 27.7 Å². The maximum absolute atomic E-state index is 5.72. The Bertz CT molecular complexity index is 356. The molecule has 0 spiro atoms. The van der Waals surface area contributed by atoms with Crippen molar-refractivity contribution >= 4 is 14.5 Å². The molecule has 1 aromatic carbocycles. The standard InChI is InChI=1S/C15H24O3P.Li/c1-4-7-16-12-10-13(17-8-5-2)15(19)14(11-12)18-9-6-3;/h10-11,19H,4-9H2,1-3H3;/q-1;+1. The van der Waals surface area contributed by atoms with Crippen LogP contribution >= 0.6 is 9.24 Å². The number of ether oxygens (including phenoxy) is 3. The van der Waals surface area contributed by atoms with E-state index in [0.717, 1.165) is 41.8 Å². The monoisotopic (exact) mass is 290 g/mol. The van der Waals surface area contributed by atoms with Gasteiger partial charge in [-0.25, -0.2) is 0 Å². The van der Waals surface area contributed by atoms with Crippen molar-refractivity contribution in [1.29, 1.82) is 0 Å². The van der Waals surface area contributed by atoms with Crippen LogP contribution in [0.5, 0.6) is 17.2 Å². The molecule has 0 unspecified atom stereocenters. The number of hydrogen-bond acceptors (Lipinski definition) is 3. The van der Waals surface area contributed by atoms with Crippen molar-refractivity contribution in [2.24, 2.45) is 0 Å². The van der Waals surface area contributed by atoms with Crippen molar-refractivity contribution in [3.05, 3.63) is 12.1 Å². The van der Waals surface area contributed by atoms with Crippen LogP contribution < -0.4 is 38.4 Å². The third kappa shape index (κ3) is 6.40. The second-order valence-corrected chi connectivity index (χ2v) is 4.84. The largest absolute Gasteiger partial charge is 1.00 e. The molecule has 0 amide bonds. The van der Waals surface area contributed by atoms with Gasteiger partial charge in [0.1, 0.15) is 5.75 Å². The molecule has 0 fully saturated rings. The quantitative estimate of drug-likeness (QED) is 0.498. The molecule has 0 heterocycles. The normalized spacial score (nSPS) is 9.80. The Labute approximate surface area is 137 Å². The van der Waals surface area contributed by atoms with E-state index in [1.54, 1.807) is 0 Å². The Balaban J connectivity index is 0.00000361. The molecule has 0 aliphatic rings. The van der Waals surface area contributed by atoms with Crippen LogP contribution in [0.15, 0.2) is 12.1 Å². The molecule has 0 aliphatic carbocycles. The molecule has 0 aliphatic heterocycles. The molecule has 0 saturated carbocycles. The first-order valence-corrected chi connectivity index (χ1v) is 7.50. The van der Waals surface area contributed by atoms with E-state index in [2.05, 4.69) is 30.0 Å². The number of hydrogen-bond donors (Lipinski definition) is 0. The summed E-state index contributed by atoms with van der Waals surface area (Å²) in [5, 5.41) is 0.853. The van der Waals surface area contributed by atoms with Gasteiger partial charge >= 0.3 is 18.9 Å². The van der Waals surface area contributed by atoms with Gasteiger partial charge in [0.2, 0.25) is 0 Å². The van der Waals surface area contributed by atoms with Crippen LogP contribution in [-0.2, 0) is 0 Å². The first-order valence-electron chi connectivity index (χ1n) is 7.00. The predicted molar refractivity (Wildman–Crippen MR) is 81.7 cm³/mol. The average Bonchev–Trinajstić information content (AvgIpc) is 2.43. The fraction of sp³-hybridized carbons (Fsp3) is 0.600. The molecule has 0 aromatic heterocycles. The van der Waals surface area contributed by atoms with Gasteiger partial charge in [0.25, 0.3) is 0 Å². The van der Waals surface area contributed by atoms with Gasteiger partial charge in [-0.1, -0.05) is 20.8 Å². The van der Waals surface area contributed by atoms with Crippen molar-refractivity contribution in [3.63, 3.8) is 0 Å². The van der Waals surface area contributed by atoms with E-state index in [-0.39, 0.29) is 18.9 Å². The summed E-state index contributed by atoms with van der Waals surface area (Å²) < 4.78 is 17.1. The third-order valence-electron chi connectivity index (χ3n) is 2.44. The fourth-order valence-electron chi connectivity index (χ4n) is 1.52. The van der Waals surface area contributed by atoms with Crippen molar-refractivity contribution in [3.8, 4) is 17.2 Å². The van der Waals surface area contributed by atoms with Crippen LogP contribution in [0.25, 0.3) is 0 Å². The summed E-state index contributed by atoms with van der Waals surface area (Å²) in [6, 6.07) is 3.82. The minimum Gasteiger partial charge on any atom is -0.517 e. The van der Waals surface area contributed by atoms with Gasteiger partial charge in [-0.3, -0.25) is 0 Å². The average molecular weight is 290 g/mol. The van der Waals surface area contributed by atoms with Crippen LogP contribution in [0, 0.1) is 0 Å². The van der Waals surface area contributed by atoms with E-state index < -0.39 is 0 Å². The smallest absolute Gasteiger partial charge is 0.517 e. The van der Waals surface area contributed by atoms with Gasteiger partial charge in [-0.2, -0.15) is 0 Å². The third-order valence-corrected chi connectivity index (χ3v) is 2.93. The second kappa shape index (κ2) is 11.3. The van der Waals surface area contributed by atoms with Crippen molar-refractivity contribution in [2.75, 3.05) is 19.8 Å². The number of rotatable bonds is 9. The predicted octanol–water partition coefficient (Wildman–Crippen LogP) is 0.825. The summed E-state index contributed by atoms with van der Waals surface area (Å²) in [5.74, 6) is 2.34. The molecule has 0 radical (unpaired) electrons. The van der Waals surface area contributed by atoms with E-state index in [0.29, 0.717) is 19.8 Å². The summed E-state index contributed by atoms with van der Waals surface area (Å²) in [6.07, 6.45) is 2.92. The SMILES string of the molecule is CCCOc1cc(OCCC)c([PH-])c(OCCC)c1.[Li+]. The Morgan fingerprint density at radius 3 is 1.60 bits per heavy atom. The summed E-state index contributed by atoms with van der Waals surface area (Å²) in [6.45, 7) is 8.31. The van der Waals surface area contributed by atoms with Gasteiger partial charge < -0.3 is 23.5 Å². The summed E-state index contributed by atoms with van der Waals surface area (Å²) in [5.41, 5.74) is 0. The molecule has 0 bridgehead atoms. The zero-order chi connectivity index (χ0) is 14.1. The maximum atomic E-state index is 5.72. The van der Waals surface area contributed by atoms with Crippen molar-refractivity contribution < 1.29 is 33.1 Å². The minimum atomic E-state index is 0. The van der Waals surface area contributed by atoms with Crippen molar-refractivity contribution in [1.82, 2.24) is 0 Å². The van der Waals surface area contributed by atoms with E-state index in [4.69, 9.17) is 14.2 Å². The Morgan fingerprint density at radius 2 is 1.20 bits per heavy atom. The van der Waals surface area contributed by atoms with Gasteiger partial charge in [0.05, 0.1) is 31.3 Å². The first kappa shape index (κ1) is 19.6. The molecule has 0 N–H and O–H groups in total. The first-order chi connectivity index (χ1) is 9.22. The summed E-state index contributed by atoms with van der Waals surface area (Å²) >= 11 is 0. The second-order valence-electron chi connectivity index (χ2n) is 4.34. The molecule has 20 heavy (non-hydrogen) atoms. The van der Waals surface area contributed by atoms with Crippen LogP contribution in [0.3, 0.4) is 0 Å². The van der Waals surface area contributed by atoms with E-state index in [9.17, 15) is 0 Å². The van der Waals surface area contributed by atoms with Crippen LogP contribution in [0.4, 0.5) is 0 Å². The molecule has 108 valence electrons. The summed E-state index contributed by atoms with van der Waals surface area (Å²) in [4.78, 5) is 0. The summed E-state index contributed by atoms with van der Waals surface area (Å²) in [7, 11) is 3.59. The fourth-order valence-corrected chi connectivity index (χ4v) is 1.81. The van der Waals surface area contributed by atoms with Gasteiger partial charge in [-0.05, 0) is 19.3 Å². The molecule has 1 rings (SSSR count). The molecule has 5 heteroatoms. The zero-order valence-electron chi connectivity index (χ0n) is 13.1. The molecular formula is C15H24LiO3P. The number of benzene rings is 1. The molecule has 1 aromatic rings. The van der Waals surface area contributed by atoms with Gasteiger partial charge in [0, 0.05) is 12.1 Å². The molecular weight excluding hydrogens is 266 g/mol. The Hall–Kier alpha value is -0.353. The van der Waals surface area contributed by atoms with Crippen LogP contribution in [-0.4, -0.2) is 19.8 Å². The molecule has 0 atom stereocenters. The Kier molecular flexibility index (Phi) is 11.1. The Morgan fingerprint density at radius 1 is 0.800 bits per heavy atom. The van der Waals surface area contributed by atoms with Crippen molar-refractivity contribution in [2.45, 2.75) is 40.0 Å². The van der Waals surface area contributed by atoms with E-state index in [1.807, 2.05) is 12.1 Å².